The number of aromatic nitrogens is 1. The zero-order chi connectivity index (χ0) is 18.2. The van der Waals surface area contributed by atoms with Crippen LogP contribution in [0.2, 0.25) is 0 Å². The summed E-state index contributed by atoms with van der Waals surface area (Å²) in [5.41, 5.74) is 1.11. The molecule has 7 heteroatoms. The Hall–Kier alpha value is -1.18. The standard InChI is InChI=1S/C18H34N6S/c1-6-19-18(23(5)13-17-14-25-16(3)21-17)20-11-15(2)12-24-9-7-22(4)8-10-24/h14-15H,6-13H2,1-5H3,(H,19,20). The Kier molecular flexibility index (Phi) is 8.12. The molecule has 0 radical (unpaired) electrons. The van der Waals surface area contributed by atoms with Gasteiger partial charge in [0.1, 0.15) is 0 Å². The number of aliphatic imine (C=N–C) groups is 1. The highest BCUT2D eigenvalue weighted by molar-refractivity contribution is 7.09. The van der Waals surface area contributed by atoms with Crippen molar-refractivity contribution in [1.82, 2.24) is 25.0 Å². The van der Waals surface area contributed by atoms with Crippen molar-refractivity contribution >= 4 is 17.3 Å². The Bertz CT molecular complexity index is 535. The van der Waals surface area contributed by atoms with Crippen molar-refractivity contribution < 1.29 is 0 Å². The minimum atomic E-state index is 0.562. The van der Waals surface area contributed by atoms with Gasteiger partial charge in [0, 0.05) is 58.2 Å². The van der Waals surface area contributed by atoms with Crippen LogP contribution in [-0.4, -0.2) is 85.6 Å². The maximum atomic E-state index is 4.87. The molecular weight excluding hydrogens is 332 g/mol. The molecule has 25 heavy (non-hydrogen) atoms. The molecule has 1 aromatic rings. The molecule has 1 N–H and O–H groups in total. The fourth-order valence-electron chi connectivity index (χ4n) is 3.04. The fourth-order valence-corrected chi connectivity index (χ4v) is 3.64. The van der Waals surface area contributed by atoms with Gasteiger partial charge in [-0.25, -0.2) is 4.98 Å². The topological polar surface area (TPSA) is 47.0 Å². The van der Waals surface area contributed by atoms with E-state index in [4.69, 9.17) is 4.99 Å². The number of nitrogens with one attached hydrogen (secondary N) is 1. The fraction of sp³-hybridized carbons (Fsp3) is 0.778. The quantitative estimate of drug-likeness (QED) is 0.588. The molecule has 0 saturated carbocycles. The first kappa shape index (κ1) is 20.1. The van der Waals surface area contributed by atoms with Gasteiger partial charge in [-0.2, -0.15) is 0 Å². The first-order valence-corrected chi connectivity index (χ1v) is 10.2. The van der Waals surface area contributed by atoms with E-state index >= 15 is 0 Å². The first-order chi connectivity index (χ1) is 12.0. The summed E-state index contributed by atoms with van der Waals surface area (Å²) in [4.78, 5) is 16.6. The van der Waals surface area contributed by atoms with Crippen LogP contribution in [0.15, 0.2) is 10.4 Å². The van der Waals surface area contributed by atoms with Gasteiger partial charge < -0.3 is 20.0 Å². The zero-order valence-electron chi connectivity index (χ0n) is 16.5. The zero-order valence-corrected chi connectivity index (χ0v) is 17.3. The molecule has 1 fully saturated rings. The lowest BCUT2D eigenvalue weighted by molar-refractivity contribution is 0.140. The molecule has 0 spiro atoms. The smallest absolute Gasteiger partial charge is 0.194 e. The van der Waals surface area contributed by atoms with Crippen LogP contribution in [0.5, 0.6) is 0 Å². The summed E-state index contributed by atoms with van der Waals surface area (Å²) < 4.78 is 0. The largest absolute Gasteiger partial charge is 0.357 e. The summed E-state index contributed by atoms with van der Waals surface area (Å²) in [5.74, 6) is 1.53. The van der Waals surface area contributed by atoms with E-state index in [-0.39, 0.29) is 0 Å². The maximum absolute atomic E-state index is 4.87. The normalized spacial score (nSPS) is 18.4. The number of nitrogens with zero attached hydrogens (tertiary/aromatic N) is 5. The molecule has 0 bridgehead atoms. The van der Waals surface area contributed by atoms with Crippen molar-refractivity contribution in [2.24, 2.45) is 10.9 Å². The Morgan fingerprint density at radius 1 is 1.40 bits per heavy atom. The predicted octanol–water partition coefficient (Wildman–Crippen LogP) is 1.73. The maximum Gasteiger partial charge on any atom is 0.194 e. The molecule has 1 aliphatic rings. The van der Waals surface area contributed by atoms with Crippen molar-refractivity contribution in [3.8, 4) is 0 Å². The summed E-state index contributed by atoms with van der Waals surface area (Å²) >= 11 is 1.70. The van der Waals surface area contributed by atoms with E-state index in [1.807, 2.05) is 6.92 Å². The highest BCUT2D eigenvalue weighted by Gasteiger charge is 2.16. The molecule has 1 aromatic heterocycles. The molecule has 1 atom stereocenters. The van der Waals surface area contributed by atoms with E-state index in [1.54, 1.807) is 11.3 Å². The molecule has 0 amide bonds. The number of thiazole rings is 1. The highest BCUT2D eigenvalue weighted by Crippen LogP contribution is 2.10. The Labute approximate surface area is 156 Å². The van der Waals surface area contributed by atoms with Crippen molar-refractivity contribution in [3.05, 3.63) is 16.1 Å². The molecule has 142 valence electrons. The number of rotatable bonds is 7. The molecule has 1 saturated heterocycles. The molecular formula is C18H34N6S. The van der Waals surface area contributed by atoms with Crippen molar-refractivity contribution in [2.75, 3.05) is 59.9 Å². The minimum Gasteiger partial charge on any atom is -0.357 e. The van der Waals surface area contributed by atoms with Gasteiger partial charge in [-0.05, 0) is 26.8 Å². The summed E-state index contributed by atoms with van der Waals surface area (Å²) in [7, 11) is 4.29. The van der Waals surface area contributed by atoms with Gasteiger partial charge in [-0.3, -0.25) is 4.99 Å². The number of hydrogen-bond acceptors (Lipinski definition) is 5. The molecule has 1 unspecified atom stereocenters. The molecule has 0 aromatic carbocycles. The summed E-state index contributed by atoms with van der Waals surface area (Å²) in [6.07, 6.45) is 0. The highest BCUT2D eigenvalue weighted by atomic mass is 32.1. The summed E-state index contributed by atoms with van der Waals surface area (Å²) in [6, 6.07) is 0. The number of hydrogen-bond donors (Lipinski definition) is 1. The second-order valence-electron chi connectivity index (χ2n) is 7.12. The van der Waals surface area contributed by atoms with Crippen molar-refractivity contribution in [1.29, 1.82) is 0 Å². The van der Waals surface area contributed by atoms with Crippen LogP contribution in [0.3, 0.4) is 0 Å². The second kappa shape index (κ2) is 10.1. The van der Waals surface area contributed by atoms with E-state index in [9.17, 15) is 0 Å². The molecule has 2 rings (SSSR count). The van der Waals surface area contributed by atoms with E-state index in [0.717, 1.165) is 42.8 Å². The van der Waals surface area contributed by atoms with E-state index < -0.39 is 0 Å². The lowest BCUT2D eigenvalue weighted by atomic mass is 10.1. The monoisotopic (exact) mass is 366 g/mol. The first-order valence-electron chi connectivity index (χ1n) is 9.29. The third-order valence-electron chi connectivity index (χ3n) is 4.48. The lowest BCUT2D eigenvalue weighted by Crippen LogP contribution is -2.46. The summed E-state index contributed by atoms with van der Waals surface area (Å²) in [5, 5.41) is 6.65. The Morgan fingerprint density at radius 3 is 2.72 bits per heavy atom. The minimum absolute atomic E-state index is 0.562. The lowest BCUT2D eigenvalue weighted by Gasteiger charge is -2.33. The molecule has 1 aliphatic heterocycles. The van der Waals surface area contributed by atoms with Crippen LogP contribution in [0.1, 0.15) is 24.5 Å². The van der Waals surface area contributed by atoms with Gasteiger partial charge in [0.05, 0.1) is 17.2 Å². The number of aryl methyl sites for hydroxylation is 1. The molecule has 6 nitrogen and oxygen atoms in total. The van der Waals surface area contributed by atoms with Crippen LogP contribution in [0.4, 0.5) is 0 Å². The number of likely N-dealkylation sites (N-methyl/N-ethyl adjacent to an activating group) is 1. The van der Waals surface area contributed by atoms with Crippen molar-refractivity contribution in [3.63, 3.8) is 0 Å². The third kappa shape index (κ3) is 6.92. The van der Waals surface area contributed by atoms with Gasteiger partial charge in [-0.1, -0.05) is 6.92 Å². The van der Waals surface area contributed by atoms with Gasteiger partial charge in [-0.15, -0.1) is 11.3 Å². The Morgan fingerprint density at radius 2 is 2.12 bits per heavy atom. The predicted molar refractivity (Wildman–Crippen MR) is 107 cm³/mol. The van der Waals surface area contributed by atoms with Crippen LogP contribution in [-0.2, 0) is 6.54 Å². The Balaban J connectivity index is 1.84. The van der Waals surface area contributed by atoms with E-state index in [1.165, 1.54) is 26.2 Å². The number of guanidine groups is 1. The second-order valence-corrected chi connectivity index (χ2v) is 8.18. The molecule has 0 aliphatic carbocycles. The van der Waals surface area contributed by atoms with Gasteiger partial charge in [0.15, 0.2) is 5.96 Å². The van der Waals surface area contributed by atoms with Gasteiger partial charge >= 0.3 is 0 Å². The average molecular weight is 367 g/mol. The third-order valence-corrected chi connectivity index (χ3v) is 5.30. The summed E-state index contributed by atoms with van der Waals surface area (Å²) in [6.45, 7) is 14.8. The van der Waals surface area contributed by atoms with Crippen molar-refractivity contribution in [2.45, 2.75) is 27.3 Å². The van der Waals surface area contributed by atoms with Crippen LogP contribution >= 0.6 is 11.3 Å². The van der Waals surface area contributed by atoms with Crippen LogP contribution in [0.25, 0.3) is 0 Å². The van der Waals surface area contributed by atoms with Crippen LogP contribution in [0, 0.1) is 12.8 Å². The SMILES string of the molecule is CCNC(=NCC(C)CN1CCN(C)CC1)N(C)Cc1csc(C)n1. The molecule has 2 heterocycles. The average Bonchev–Trinajstić information content (AvgIpc) is 2.98. The van der Waals surface area contributed by atoms with E-state index in [0.29, 0.717) is 5.92 Å². The van der Waals surface area contributed by atoms with E-state index in [2.05, 4.69) is 58.3 Å². The van der Waals surface area contributed by atoms with Crippen LogP contribution < -0.4 is 5.32 Å². The van der Waals surface area contributed by atoms with Gasteiger partial charge in [0.2, 0.25) is 0 Å². The van der Waals surface area contributed by atoms with Gasteiger partial charge in [0.25, 0.3) is 0 Å². The number of piperazine rings is 1.